The molecule has 2 rings (SSSR count). The molecule has 78 valence electrons. The van der Waals surface area contributed by atoms with Gasteiger partial charge in [0.25, 0.3) is 0 Å². The molecule has 0 spiro atoms. The van der Waals surface area contributed by atoms with E-state index in [0.29, 0.717) is 13.2 Å². The second-order valence-corrected chi connectivity index (χ2v) is 3.29. The molecule has 0 amide bonds. The van der Waals surface area contributed by atoms with E-state index in [9.17, 15) is 4.79 Å². The lowest BCUT2D eigenvalue weighted by atomic mass is 10.1. The van der Waals surface area contributed by atoms with Crippen LogP contribution in [0.4, 0.5) is 5.69 Å². The van der Waals surface area contributed by atoms with Gasteiger partial charge in [-0.1, -0.05) is 6.07 Å². The smallest absolute Gasteiger partial charge is 0.329 e. The Balaban J connectivity index is 2.07. The van der Waals surface area contributed by atoms with E-state index in [1.165, 1.54) is 11.8 Å². The van der Waals surface area contributed by atoms with Crippen LogP contribution < -0.4 is 5.32 Å². The second-order valence-electron chi connectivity index (χ2n) is 3.29. The summed E-state index contributed by atoms with van der Waals surface area (Å²) in [5.74, 6) is -0.966. The van der Waals surface area contributed by atoms with Crippen LogP contribution in [0.2, 0.25) is 0 Å². The van der Waals surface area contributed by atoms with Gasteiger partial charge < -0.3 is 15.2 Å². The lowest BCUT2D eigenvalue weighted by Crippen LogP contribution is -1.93. The van der Waals surface area contributed by atoms with Gasteiger partial charge in [0.1, 0.15) is 0 Å². The second kappa shape index (κ2) is 4.14. The molecule has 0 radical (unpaired) electrons. The van der Waals surface area contributed by atoms with E-state index in [2.05, 4.69) is 5.32 Å². The first kappa shape index (κ1) is 9.73. The zero-order chi connectivity index (χ0) is 10.7. The van der Waals surface area contributed by atoms with E-state index < -0.39 is 5.97 Å². The van der Waals surface area contributed by atoms with E-state index in [1.807, 2.05) is 18.2 Å². The number of rotatable bonds is 3. The maximum absolute atomic E-state index is 10.2. The summed E-state index contributed by atoms with van der Waals surface area (Å²) in [6, 6.07) is 5.85. The minimum absolute atomic E-state index is 0.632. The van der Waals surface area contributed by atoms with Gasteiger partial charge in [-0.3, -0.25) is 0 Å². The molecule has 0 bridgehead atoms. The third kappa shape index (κ3) is 2.35. The highest BCUT2D eigenvalue weighted by Gasteiger charge is 2.10. The molecule has 0 aliphatic carbocycles. The molecule has 0 saturated carbocycles. The van der Waals surface area contributed by atoms with E-state index in [-0.39, 0.29) is 0 Å². The molecule has 0 unspecified atom stereocenters. The van der Waals surface area contributed by atoms with Crippen LogP contribution in [0.25, 0.3) is 0 Å². The Morgan fingerprint density at radius 3 is 3.00 bits per heavy atom. The fourth-order valence-corrected chi connectivity index (χ4v) is 1.47. The van der Waals surface area contributed by atoms with Gasteiger partial charge in [-0.2, -0.15) is 0 Å². The van der Waals surface area contributed by atoms with Crippen LogP contribution in [0.3, 0.4) is 0 Å². The summed E-state index contributed by atoms with van der Waals surface area (Å²) in [6.07, 6.45) is 2.46. The van der Waals surface area contributed by atoms with Crippen LogP contribution in [0.5, 0.6) is 0 Å². The first-order valence-electron chi connectivity index (χ1n) is 4.61. The molecule has 4 nitrogen and oxygen atoms in total. The van der Waals surface area contributed by atoms with Crippen LogP contribution >= 0.6 is 0 Å². The zero-order valence-corrected chi connectivity index (χ0v) is 8.06. The Labute approximate surface area is 87.2 Å². The third-order valence-corrected chi connectivity index (χ3v) is 2.20. The maximum Gasteiger partial charge on any atom is 0.329 e. The van der Waals surface area contributed by atoms with Crippen molar-refractivity contribution in [1.82, 2.24) is 0 Å². The van der Waals surface area contributed by atoms with Gasteiger partial charge in [0.2, 0.25) is 0 Å². The van der Waals surface area contributed by atoms with Crippen molar-refractivity contribution < 1.29 is 14.6 Å². The Morgan fingerprint density at radius 2 is 2.20 bits per heavy atom. The minimum Gasteiger partial charge on any atom is -0.478 e. The van der Waals surface area contributed by atoms with Gasteiger partial charge in [-0.15, -0.1) is 0 Å². The van der Waals surface area contributed by atoms with Crippen molar-refractivity contribution in [3.8, 4) is 0 Å². The number of hydrogen-bond acceptors (Lipinski definition) is 3. The number of nitrogens with one attached hydrogen (secondary N) is 1. The van der Waals surface area contributed by atoms with Gasteiger partial charge in [0, 0.05) is 18.0 Å². The number of carboxylic acids is 1. The molecule has 1 aliphatic heterocycles. The number of anilines is 1. The van der Waals surface area contributed by atoms with Crippen molar-refractivity contribution >= 4 is 11.7 Å². The summed E-state index contributed by atoms with van der Waals surface area (Å²) in [6.45, 7) is 1.30. The highest BCUT2D eigenvalue weighted by atomic mass is 16.5. The molecular weight excluding hydrogens is 194 g/mol. The van der Waals surface area contributed by atoms with Crippen molar-refractivity contribution in [2.75, 3.05) is 5.32 Å². The number of carboxylic acid groups (broad SMARTS) is 1. The fraction of sp³-hybridized carbons (Fsp3) is 0.182. The fourth-order valence-electron chi connectivity index (χ4n) is 1.47. The minimum atomic E-state index is -0.966. The van der Waals surface area contributed by atoms with E-state index in [0.717, 1.165) is 17.3 Å². The van der Waals surface area contributed by atoms with Gasteiger partial charge in [0.05, 0.1) is 13.2 Å². The van der Waals surface area contributed by atoms with Crippen molar-refractivity contribution in [3.05, 3.63) is 41.6 Å². The monoisotopic (exact) mass is 205 g/mol. The average Bonchev–Trinajstić information content (AvgIpc) is 2.64. The van der Waals surface area contributed by atoms with Gasteiger partial charge in [-0.25, -0.2) is 4.79 Å². The summed E-state index contributed by atoms with van der Waals surface area (Å²) in [5.41, 5.74) is 3.23. The van der Waals surface area contributed by atoms with E-state index in [1.54, 1.807) is 0 Å². The number of benzene rings is 1. The third-order valence-electron chi connectivity index (χ3n) is 2.20. The summed E-state index contributed by atoms with van der Waals surface area (Å²) in [5, 5.41) is 11.3. The standard InChI is InChI=1S/C11H11NO3/c13-11(14)3-4-12-10-2-1-8-6-15-7-9(8)5-10/h1-5,12H,6-7H2,(H,13,14)/b4-3+. The SMILES string of the molecule is O=C(O)/C=C/Nc1ccc2c(c1)COC2. The lowest BCUT2D eigenvalue weighted by Gasteiger charge is -2.02. The normalized spacial score (nSPS) is 14.1. The molecule has 0 atom stereocenters. The van der Waals surface area contributed by atoms with Crippen molar-refractivity contribution in [1.29, 1.82) is 0 Å². The molecule has 1 aliphatic rings. The lowest BCUT2D eigenvalue weighted by molar-refractivity contribution is -0.131. The Kier molecular flexibility index (Phi) is 2.69. The van der Waals surface area contributed by atoms with Crippen LogP contribution in [0, 0.1) is 0 Å². The average molecular weight is 205 g/mol. The Bertz CT molecular complexity index is 412. The predicted molar refractivity (Wildman–Crippen MR) is 55.3 cm³/mol. The van der Waals surface area contributed by atoms with E-state index >= 15 is 0 Å². The first-order valence-corrected chi connectivity index (χ1v) is 4.61. The molecule has 1 aromatic rings. The van der Waals surface area contributed by atoms with Crippen LogP contribution in [-0.4, -0.2) is 11.1 Å². The number of fused-ring (bicyclic) bond motifs is 1. The highest BCUT2D eigenvalue weighted by Crippen LogP contribution is 2.22. The first-order chi connectivity index (χ1) is 7.25. The highest BCUT2D eigenvalue weighted by molar-refractivity contribution is 5.80. The molecule has 15 heavy (non-hydrogen) atoms. The van der Waals surface area contributed by atoms with Crippen LogP contribution in [-0.2, 0) is 22.7 Å². The Hall–Kier alpha value is -1.81. The zero-order valence-electron chi connectivity index (χ0n) is 8.06. The Morgan fingerprint density at radius 1 is 1.40 bits per heavy atom. The number of aliphatic carboxylic acids is 1. The van der Waals surface area contributed by atoms with Gasteiger partial charge in [-0.05, 0) is 23.3 Å². The largest absolute Gasteiger partial charge is 0.478 e. The van der Waals surface area contributed by atoms with Crippen LogP contribution in [0.1, 0.15) is 11.1 Å². The number of carbonyl (C=O) groups is 1. The maximum atomic E-state index is 10.2. The van der Waals surface area contributed by atoms with Gasteiger partial charge >= 0.3 is 5.97 Å². The molecule has 4 heteroatoms. The molecular formula is C11H11NO3. The predicted octanol–water partition coefficient (Wildman–Crippen LogP) is 1.73. The van der Waals surface area contributed by atoms with Crippen molar-refractivity contribution in [2.45, 2.75) is 13.2 Å². The molecule has 0 aromatic heterocycles. The van der Waals surface area contributed by atoms with Crippen LogP contribution in [0.15, 0.2) is 30.5 Å². The quantitative estimate of drug-likeness (QED) is 0.738. The van der Waals surface area contributed by atoms with E-state index in [4.69, 9.17) is 9.84 Å². The number of hydrogen-bond donors (Lipinski definition) is 2. The summed E-state index contributed by atoms with van der Waals surface area (Å²) in [7, 11) is 0. The molecule has 0 fully saturated rings. The summed E-state index contributed by atoms with van der Waals surface area (Å²) >= 11 is 0. The van der Waals surface area contributed by atoms with Gasteiger partial charge in [0.15, 0.2) is 0 Å². The molecule has 0 saturated heterocycles. The summed E-state index contributed by atoms with van der Waals surface area (Å²) in [4.78, 5) is 10.2. The summed E-state index contributed by atoms with van der Waals surface area (Å²) < 4.78 is 5.27. The number of ether oxygens (including phenoxy) is 1. The molecule has 1 heterocycles. The molecule has 2 N–H and O–H groups in total. The van der Waals surface area contributed by atoms with Crippen molar-refractivity contribution in [3.63, 3.8) is 0 Å². The van der Waals surface area contributed by atoms with Crippen molar-refractivity contribution in [2.24, 2.45) is 0 Å². The topological polar surface area (TPSA) is 58.6 Å². The molecule has 1 aromatic carbocycles.